The number of ether oxygens (including phenoxy) is 1. The van der Waals surface area contributed by atoms with E-state index in [2.05, 4.69) is 21.2 Å². The first-order valence-electron chi connectivity index (χ1n) is 7.18. The summed E-state index contributed by atoms with van der Waals surface area (Å²) >= 11 is 3.45. The SMILES string of the molecule is Cc1ccc(C)c(OC(C)C(=O)Nc2ccc(Br)c(C)c2)c1. The van der Waals surface area contributed by atoms with Gasteiger partial charge in [-0.05, 0) is 68.7 Å². The number of hydrogen-bond acceptors (Lipinski definition) is 2. The number of anilines is 1. The number of halogens is 1. The van der Waals surface area contributed by atoms with Crippen LogP contribution in [-0.4, -0.2) is 12.0 Å². The third-order valence-electron chi connectivity index (χ3n) is 3.44. The number of carbonyl (C=O) groups is 1. The van der Waals surface area contributed by atoms with Gasteiger partial charge in [0, 0.05) is 10.2 Å². The maximum absolute atomic E-state index is 12.3. The first kappa shape index (κ1) is 16.6. The lowest BCUT2D eigenvalue weighted by Gasteiger charge is -2.17. The molecular formula is C18H20BrNO2. The van der Waals surface area contributed by atoms with Gasteiger partial charge in [-0.1, -0.05) is 28.1 Å². The monoisotopic (exact) mass is 361 g/mol. The van der Waals surface area contributed by atoms with E-state index in [1.165, 1.54) is 0 Å². The average molecular weight is 362 g/mol. The van der Waals surface area contributed by atoms with Gasteiger partial charge in [-0.15, -0.1) is 0 Å². The summed E-state index contributed by atoms with van der Waals surface area (Å²) < 4.78 is 6.81. The van der Waals surface area contributed by atoms with Crippen molar-refractivity contribution in [1.82, 2.24) is 0 Å². The van der Waals surface area contributed by atoms with E-state index in [-0.39, 0.29) is 5.91 Å². The third kappa shape index (κ3) is 4.10. The molecular weight excluding hydrogens is 342 g/mol. The Morgan fingerprint density at radius 2 is 1.82 bits per heavy atom. The van der Waals surface area contributed by atoms with E-state index in [0.29, 0.717) is 0 Å². The van der Waals surface area contributed by atoms with Gasteiger partial charge < -0.3 is 10.1 Å². The molecule has 0 aliphatic carbocycles. The second-order valence-electron chi connectivity index (χ2n) is 5.48. The Kier molecular flexibility index (Phi) is 5.24. The van der Waals surface area contributed by atoms with Gasteiger partial charge in [0.15, 0.2) is 6.10 Å². The fraction of sp³-hybridized carbons (Fsp3) is 0.278. The standard InChI is InChI=1S/C18H20BrNO2/c1-11-5-6-12(2)17(9-11)22-14(4)18(21)20-15-7-8-16(19)13(3)10-15/h5-10,14H,1-4H3,(H,20,21). The maximum atomic E-state index is 12.3. The van der Waals surface area contributed by atoms with Crippen molar-refractivity contribution in [2.75, 3.05) is 5.32 Å². The van der Waals surface area contributed by atoms with Gasteiger partial charge in [-0.2, -0.15) is 0 Å². The van der Waals surface area contributed by atoms with Crippen LogP contribution in [-0.2, 0) is 4.79 Å². The van der Waals surface area contributed by atoms with Gasteiger partial charge in [0.25, 0.3) is 5.91 Å². The molecule has 0 radical (unpaired) electrons. The van der Waals surface area contributed by atoms with E-state index >= 15 is 0 Å². The summed E-state index contributed by atoms with van der Waals surface area (Å²) in [6, 6.07) is 11.7. The van der Waals surface area contributed by atoms with Gasteiger partial charge >= 0.3 is 0 Å². The molecule has 2 aromatic carbocycles. The van der Waals surface area contributed by atoms with Crippen LogP contribution in [0.1, 0.15) is 23.6 Å². The fourth-order valence-corrected chi connectivity index (χ4v) is 2.29. The summed E-state index contributed by atoms with van der Waals surface area (Å²) in [5.74, 6) is 0.581. The lowest BCUT2D eigenvalue weighted by molar-refractivity contribution is -0.122. The third-order valence-corrected chi connectivity index (χ3v) is 4.33. The first-order valence-corrected chi connectivity index (χ1v) is 7.97. The molecule has 2 aromatic rings. The molecule has 0 aliphatic rings. The average Bonchev–Trinajstić information content (AvgIpc) is 2.46. The molecule has 2 rings (SSSR count). The van der Waals surface area contributed by atoms with Crippen molar-refractivity contribution in [3.8, 4) is 5.75 Å². The lowest BCUT2D eigenvalue weighted by Crippen LogP contribution is -2.30. The zero-order valence-electron chi connectivity index (χ0n) is 13.2. The zero-order chi connectivity index (χ0) is 16.3. The molecule has 3 nitrogen and oxygen atoms in total. The maximum Gasteiger partial charge on any atom is 0.265 e. The second kappa shape index (κ2) is 6.97. The van der Waals surface area contributed by atoms with Crippen LogP contribution in [0.2, 0.25) is 0 Å². The topological polar surface area (TPSA) is 38.3 Å². The Morgan fingerprint density at radius 3 is 2.50 bits per heavy atom. The molecule has 0 aromatic heterocycles. The van der Waals surface area contributed by atoms with Crippen LogP contribution in [0, 0.1) is 20.8 Å². The summed E-state index contributed by atoms with van der Waals surface area (Å²) in [6.07, 6.45) is -0.565. The van der Waals surface area contributed by atoms with Crippen molar-refractivity contribution in [3.05, 3.63) is 57.6 Å². The molecule has 22 heavy (non-hydrogen) atoms. The summed E-state index contributed by atoms with van der Waals surface area (Å²) in [6.45, 7) is 7.71. The molecule has 0 heterocycles. The van der Waals surface area contributed by atoms with Gasteiger partial charge in [-0.25, -0.2) is 0 Å². The molecule has 0 aliphatic heterocycles. The van der Waals surface area contributed by atoms with E-state index in [9.17, 15) is 4.79 Å². The minimum atomic E-state index is -0.565. The lowest BCUT2D eigenvalue weighted by atomic mass is 10.1. The van der Waals surface area contributed by atoms with E-state index < -0.39 is 6.10 Å². The number of hydrogen-bond donors (Lipinski definition) is 1. The highest BCUT2D eigenvalue weighted by atomic mass is 79.9. The predicted molar refractivity (Wildman–Crippen MR) is 93.5 cm³/mol. The summed E-state index contributed by atoms with van der Waals surface area (Å²) in [5.41, 5.74) is 3.96. The minimum Gasteiger partial charge on any atom is -0.481 e. The molecule has 0 spiro atoms. The fourth-order valence-electron chi connectivity index (χ4n) is 2.04. The molecule has 116 valence electrons. The first-order chi connectivity index (χ1) is 10.4. The van der Waals surface area contributed by atoms with Crippen LogP contribution in [0.5, 0.6) is 5.75 Å². The van der Waals surface area contributed by atoms with Crippen LogP contribution < -0.4 is 10.1 Å². The van der Waals surface area contributed by atoms with Crippen molar-refractivity contribution in [1.29, 1.82) is 0 Å². The molecule has 0 saturated heterocycles. The van der Waals surface area contributed by atoms with Crippen LogP contribution in [0.3, 0.4) is 0 Å². The van der Waals surface area contributed by atoms with Gasteiger partial charge in [0.1, 0.15) is 5.75 Å². The van der Waals surface area contributed by atoms with Crippen molar-refractivity contribution >= 4 is 27.5 Å². The molecule has 1 amide bonds. The Hall–Kier alpha value is -1.81. The highest BCUT2D eigenvalue weighted by molar-refractivity contribution is 9.10. The van der Waals surface area contributed by atoms with E-state index in [4.69, 9.17) is 4.74 Å². The molecule has 0 bridgehead atoms. The van der Waals surface area contributed by atoms with Gasteiger partial charge in [0.05, 0.1) is 0 Å². The van der Waals surface area contributed by atoms with Crippen molar-refractivity contribution in [3.63, 3.8) is 0 Å². The highest BCUT2D eigenvalue weighted by Gasteiger charge is 2.16. The van der Waals surface area contributed by atoms with Gasteiger partial charge in [-0.3, -0.25) is 4.79 Å². The van der Waals surface area contributed by atoms with E-state index in [0.717, 1.165) is 32.6 Å². The molecule has 0 saturated carbocycles. The Balaban J connectivity index is 2.05. The second-order valence-corrected chi connectivity index (χ2v) is 6.34. The summed E-state index contributed by atoms with van der Waals surface area (Å²) in [5, 5.41) is 2.88. The number of benzene rings is 2. The van der Waals surface area contributed by atoms with Crippen molar-refractivity contribution in [2.24, 2.45) is 0 Å². The molecule has 1 atom stereocenters. The van der Waals surface area contributed by atoms with Gasteiger partial charge in [0.2, 0.25) is 0 Å². The molecule has 1 N–H and O–H groups in total. The number of carbonyl (C=O) groups excluding carboxylic acids is 1. The minimum absolute atomic E-state index is 0.164. The largest absolute Gasteiger partial charge is 0.481 e. The van der Waals surface area contributed by atoms with Crippen LogP contribution in [0.15, 0.2) is 40.9 Å². The number of nitrogens with one attached hydrogen (secondary N) is 1. The predicted octanol–water partition coefficient (Wildman–Crippen LogP) is 4.78. The Labute approximate surface area is 139 Å². The Morgan fingerprint density at radius 1 is 1.09 bits per heavy atom. The zero-order valence-corrected chi connectivity index (χ0v) is 14.8. The smallest absolute Gasteiger partial charge is 0.265 e. The summed E-state index contributed by atoms with van der Waals surface area (Å²) in [4.78, 5) is 12.3. The number of aryl methyl sites for hydroxylation is 3. The highest BCUT2D eigenvalue weighted by Crippen LogP contribution is 2.22. The molecule has 4 heteroatoms. The van der Waals surface area contributed by atoms with Crippen LogP contribution in [0.25, 0.3) is 0 Å². The summed E-state index contributed by atoms with van der Waals surface area (Å²) in [7, 11) is 0. The van der Waals surface area contributed by atoms with Crippen molar-refractivity contribution in [2.45, 2.75) is 33.8 Å². The number of amides is 1. The van der Waals surface area contributed by atoms with Crippen LogP contribution in [0.4, 0.5) is 5.69 Å². The van der Waals surface area contributed by atoms with Crippen LogP contribution >= 0.6 is 15.9 Å². The normalized spacial score (nSPS) is 11.9. The molecule has 1 unspecified atom stereocenters. The van der Waals surface area contributed by atoms with E-state index in [1.54, 1.807) is 6.92 Å². The van der Waals surface area contributed by atoms with Crippen molar-refractivity contribution < 1.29 is 9.53 Å². The molecule has 0 fully saturated rings. The Bertz CT molecular complexity index is 697. The number of rotatable bonds is 4. The van der Waals surface area contributed by atoms with E-state index in [1.807, 2.05) is 57.2 Å². The quantitative estimate of drug-likeness (QED) is 0.850.